The van der Waals surface area contributed by atoms with Crippen molar-refractivity contribution < 1.29 is 9.59 Å². The number of hydrogen-bond donors (Lipinski definition) is 1. The summed E-state index contributed by atoms with van der Waals surface area (Å²) in [5, 5.41) is 6.93. The van der Waals surface area contributed by atoms with Crippen LogP contribution in [0.4, 0.5) is 5.69 Å². The van der Waals surface area contributed by atoms with E-state index in [0.29, 0.717) is 37.0 Å². The van der Waals surface area contributed by atoms with Crippen LogP contribution in [0.1, 0.15) is 33.1 Å². The predicted octanol–water partition coefficient (Wildman–Crippen LogP) is 1.33. The average Bonchev–Trinajstić information content (AvgIpc) is 3.30. The molecule has 138 valence electrons. The van der Waals surface area contributed by atoms with Crippen molar-refractivity contribution in [3.8, 4) is 0 Å². The highest BCUT2D eigenvalue weighted by atomic mass is 16.2. The minimum absolute atomic E-state index is 0.0569. The van der Waals surface area contributed by atoms with Crippen molar-refractivity contribution in [3.05, 3.63) is 12.4 Å². The third-order valence-corrected chi connectivity index (χ3v) is 5.09. The third-order valence-electron chi connectivity index (χ3n) is 5.09. The Balaban J connectivity index is 1.61. The molecule has 1 aliphatic heterocycles. The van der Waals surface area contributed by atoms with Gasteiger partial charge in [0.25, 0.3) is 0 Å². The zero-order valence-corrected chi connectivity index (χ0v) is 15.4. The smallest absolute Gasteiger partial charge is 0.238 e. The van der Waals surface area contributed by atoms with Crippen LogP contribution < -0.4 is 5.32 Å². The molecule has 0 unspecified atom stereocenters. The molecule has 1 aromatic heterocycles. The van der Waals surface area contributed by atoms with Crippen molar-refractivity contribution in [3.63, 3.8) is 0 Å². The van der Waals surface area contributed by atoms with Gasteiger partial charge in [-0.05, 0) is 24.7 Å². The van der Waals surface area contributed by atoms with Crippen LogP contribution in [0, 0.1) is 11.8 Å². The van der Waals surface area contributed by atoms with Gasteiger partial charge in [0.15, 0.2) is 0 Å². The number of hydrogen-bond acceptors (Lipinski definition) is 4. The molecule has 1 saturated heterocycles. The van der Waals surface area contributed by atoms with E-state index in [-0.39, 0.29) is 17.9 Å². The van der Waals surface area contributed by atoms with Gasteiger partial charge in [0.2, 0.25) is 11.8 Å². The largest absolute Gasteiger partial charge is 0.338 e. The lowest BCUT2D eigenvalue weighted by Gasteiger charge is -2.34. The van der Waals surface area contributed by atoms with Gasteiger partial charge in [0, 0.05) is 45.3 Å². The molecule has 2 amide bonds. The Kier molecular flexibility index (Phi) is 5.42. The van der Waals surface area contributed by atoms with E-state index in [1.165, 1.54) is 12.8 Å². The van der Waals surface area contributed by atoms with Crippen molar-refractivity contribution in [2.24, 2.45) is 18.9 Å². The normalized spacial score (nSPS) is 22.3. The Bertz CT molecular complexity index is 623. The molecule has 1 saturated carbocycles. The van der Waals surface area contributed by atoms with E-state index in [1.54, 1.807) is 17.1 Å². The summed E-state index contributed by atoms with van der Waals surface area (Å²) in [6.07, 6.45) is 6.39. The predicted molar refractivity (Wildman–Crippen MR) is 96.0 cm³/mol. The number of amides is 2. The van der Waals surface area contributed by atoms with Gasteiger partial charge in [-0.2, -0.15) is 5.10 Å². The van der Waals surface area contributed by atoms with E-state index in [2.05, 4.69) is 34.1 Å². The summed E-state index contributed by atoms with van der Waals surface area (Å²) in [7, 11) is 1.82. The lowest BCUT2D eigenvalue weighted by molar-refractivity contribution is -0.133. The summed E-state index contributed by atoms with van der Waals surface area (Å²) in [6, 6.07) is 0.182. The molecule has 2 aliphatic rings. The second-order valence-corrected chi connectivity index (χ2v) is 7.74. The van der Waals surface area contributed by atoms with E-state index in [1.807, 2.05) is 7.05 Å². The van der Waals surface area contributed by atoms with Crippen molar-refractivity contribution in [2.45, 2.75) is 39.2 Å². The van der Waals surface area contributed by atoms with E-state index in [0.717, 1.165) is 13.1 Å². The fourth-order valence-corrected chi connectivity index (χ4v) is 3.46. The topological polar surface area (TPSA) is 70.5 Å². The van der Waals surface area contributed by atoms with Crippen LogP contribution in [-0.4, -0.2) is 63.6 Å². The molecule has 3 rings (SSSR count). The van der Waals surface area contributed by atoms with E-state index in [4.69, 9.17) is 0 Å². The monoisotopic (exact) mass is 347 g/mol. The number of anilines is 1. The lowest BCUT2D eigenvalue weighted by Crippen LogP contribution is -2.48. The van der Waals surface area contributed by atoms with Crippen LogP contribution in [-0.2, 0) is 16.6 Å². The lowest BCUT2D eigenvalue weighted by atomic mass is 10.0. The fourth-order valence-electron chi connectivity index (χ4n) is 3.46. The summed E-state index contributed by atoms with van der Waals surface area (Å²) >= 11 is 0. The van der Waals surface area contributed by atoms with Crippen LogP contribution in [0.5, 0.6) is 0 Å². The SMILES string of the molecule is CC(C)[C@@H]1CN(CC(=O)Nc2cnn(C)c2)CCC(=O)N1CC1CC1. The molecular formula is C18H29N5O2. The molecule has 0 radical (unpaired) electrons. The van der Waals surface area contributed by atoms with Gasteiger partial charge >= 0.3 is 0 Å². The Morgan fingerprint density at radius 3 is 2.76 bits per heavy atom. The maximum absolute atomic E-state index is 12.6. The number of nitrogens with one attached hydrogen (secondary N) is 1. The molecule has 1 N–H and O–H groups in total. The molecule has 0 bridgehead atoms. The minimum Gasteiger partial charge on any atom is -0.338 e. The first-order chi connectivity index (χ1) is 11.9. The number of rotatable bonds is 6. The van der Waals surface area contributed by atoms with Crippen LogP contribution in [0.2, 0.25) is 0 Å². The highest BCUT2D eigenvalue weighted by molar-refractivity contribution is 5.92. The molecule has 2 heterocycles. The Morgan fingerprint density at radius 1 is 1.40 bits per heavy atom. The number of aromatic nitrogens is 2. The maximum atomic E-state index is 12.6. The van der Waals surface area contributed by atoms with Crippen molar-refractivity contribution in [2.75, 3.05) is 31.5 Å². The second-order valence-electron chi connectivity index (χ2n) is 7.74. The summed E-state index contributed by atoms with van der Waals surface area (Å²) in [5.41, 5.74) is 0.703. The third kappa shape index (κ3) is 4.81. The quantitative estimate of drug-likeness (QED) is 0.843. The van der Waals surface area contributed by atoms with Gasteiger partial charge < -0.3 is 10.2 Å². The summed E-state index contributed by atoms with van der Waals surface area (Å²) < 4.78 is 1.66. The molecular weight excluding hydrogens is 318 g/mol. The van der Waals surface area contributed by atoms with Gasteiger partial charge in [-0.15, -0.1) is 0 Å². The van der Waals surface area contributed by atoms with E-state index in [9.17, 15) is 9.59 Å². The Labute approximate surface area is 149 Å². The molecule has 1 atom stereocenters. The molecule has 0 spiro atoms. The zero-order valence-electron chi connectivity index (χ0n) is 15.4. The number of nitrogens with zero attached hydrogens (tertiary/aromatic N) is 4. The summed E-state index contributed by atoms with van der Waals surface area (Å²) in [5.74, 6) is 1.25. The average molecular weight is 347 g/mol. The van der Waals surface area contributed by atoms with Crippen LogP contribution >= 0.6 is 0 Å². The number of carbonyl (C=O) groups excluding carboxylic acids is 2. The van der Waals surface area contributed by atoms with Crippen LogP contribution in [0.25, 0.3) is 0 Å². The second kappa shape index (κ2) is 7.56. The van der Waals surface area contributed by atoms with E-state index >= 15 is 0 Å². The fraction of sp³-hybridized carbons (Fsp3) is 0.722. The van der Waals surface area contributed by atoms with Crippen molar-refractivity contribution in [1.29, 1.82) is 0 Å². The van der Waals surface area contributed by atoms with Crippen molar-refractivity contribution in [1.82, 2.24) is 19.6 Å². The van der Waals surface area contributed by atoms with E-state index < -0.39 is 0 Å². The Morgan fingerprint density at radius 2 is 2.16 bits per heavy atom. The maximum Gasteiger partial charge on any atom is 0.238 e. The van der Waals surface area contributed by atoms with Crippen LogP contribution in [0.3, 0.4) is 0 Å². The molecule has 7 nitrogen and oxygen atoms in total. The van der Waals surface area contributed by atoms with Gasteiger partial charge in [-0.25, -0.2) is 0 Å². The van der Waals surface area contributed by atoms with Gasteiger partial charge in [0.1, 0.15) is 0 Å². The highest BCUT2D eigenvalue weighted by Gasteiger charge is 2.35. The molecule has 1 aliphatic carbocycles. The highest BCUT2D eigenvalue weighted by Crippen LogP contribution is 2.32. The number of aryl methyl sites for hydroxylation is 1. The first kappa shape index (κ1) is 17.9. The molecule has 1 aromatic rings. The number of carbonyl (C=O) groups is 2. The summed E-state index contributed by atoms with van der Waals surface area (Å²) in [4.78, 5) is 29.1. The first-order valence-electron chi connectivity index (χ1n) is 9.22. The van der Waals surface area contributed by atoms with Gasteiger partial charge in [-0.1, -0.05) is 13.8 Å². The molecule has 2 fully saturated rings. The Hall–Kier alpha value is -1.89. The van der Waals surface area contributed by atoms with Gasteiger partial charge in [0.05, 0.1) is 18.4 Å². The zero-order chi connectivity index (χ0) is 18.0. The van der Waals surface area contributed by atoms with Gasteiger partial charge in [-0.3, -0.25) is 19.2 Å². The van der Waals surface area contributed by atoms with Crippen LogP contribution in [0.15, 0.2) is 12.4 Å². The summed E-state index contributed by atoms with van der Waals surface area (Å²) in [6.45, 7) is 6.93. The molecule has 25 heavy (non-hydrogen) atoms. The molecule has 0 aromatic carbocycles. The minimum atomic E-state index is -0.0569. The molecule has 7 heteroatoms. The van der Waals surface area contributed by atoms with Crippen molar-refractivity contribution >= 4 is 17.5 Å². The standard InChI is InChI=1S/C18H29N5O2/c1-13(2)16-11-22(7-6-18(25)23(16)9-14-4-5-14)12-17(24)20-15-8-19-21(3)10-15/h8,10,13-14,16H,4-7,9,11-12H2,1-3H3,(H,20,24)/t16-/m0/s1. The first-order valence-corrected chi connectivity index (χ1v) is 9.22.